The fourth-order valence-electron chi connectivity index (χ4n) is 2.85. The number of benzene rings is 3. The molecule has 0 amide bonds. The van der Waals surface area contributed by atoms with Crippen LogP contribution in [0.25, 0.3) is 22.3 Å². The maximum absolute atomic E-state index is 11.9. The van der Waals surface area contributed by atoms with Gasteiger partial charge >= 0.3 is 11.9 Å². The molecule has 4 nitrogen and oxygen atoms in total. The number of hydrogen-bond acceptors (Lipinski definition) is 2. The summed E-state index contributed by atoms with van der Waals surface area (Å²) in [5.41, 5.74) is 2.17. The molecule has 2 N–H and O–H groups in total. The highest BCUT2D eigenvalue weighted by Gasteiger charge is 2.27. The van der Waals surface area contributed by atoms with Crippen molar-refractivity contribution >= 4 is 43.8 Å². The zero-order valence-electron chi connectivity index (χ0n) is 13.2. The van der Waals surface area contributed by atoms with Gasteiger partial charge in [-0.2, -0.15) is 0 Å². The Balaban J connectivity index is 2.40. The third kappa shape index (κ3) is 3.30. The van der Waals surface area contributed by atoms with Crippen molar-refractivity contribution in [3.8, 4) is 22.3 Å². The molecular weight excluding hydrogens is 464 g/mol. The first kappa shape index (κ1) is 18.4. The van der Waals surface area contributed by atoms with Gasteiger partial charge < -0.3 is 10.2 Å². The summed E-state index contributed by atoms with van der Waals surface area (Å²) in [6, 6.07) is 18.5. The number of rotatable bonds is 4. The first-order chi connectivity index (χ1) is 12.4. The summed E-state index contributed by atoms with van der Waals surface area (Å²) in [5.74, 6) is -2.61. The number of hydrogen-bond donors (Lipinski definition) is 2. The lowest BCUT2D eigenvalue weighted by atomic mass is 9.90. The van der Waals surface area contributed by atoms with Crippen LogP contribution >= 0.6 is 31.9 Å². The van der Waals surface area contributed by atoms with Gasteiger partial charge in [0, 0.05) is 8.95 Å². The fraction of sp³-hybridized carbons (Fsp3) is 0. The van der Waals surface area contributed by atoms with E-state index < -0.39 is 11.9 Å². The molecule has 3 aromatic rings. The minimum atomic E-state index is -1.31. The molecule has 0 unspecified atom stereocenters. The quantitative estimate of drug-likeness (QED) is 0.489. The molecule has 0 aromatic heterocycles. The van der Waals surface area contributed by atoms with Gasteiger partial charge in [-0.05, 0) is 60.2 Å². The molecule has 6 heteroatoms. The molecule has 0 aliphatic rings. The monoisotopic (exact) mass is 474 g/mol. The van der Waals surface area contributed by atoms with Crippen LogP contribution in [0.4, 0.5) is 0 Å². The highest BCUT2D eigenvalue weighted by atomic mass is 79.9. The Bertz CT molecular complexity index is 1010. The molecule has 0 aliphatic carbocycles. The van der Waals surface area contributed by atoms with E-state index in [0.717, 1.165) is 11.1 Å². The summed E-state index contributed by atoms with van der Waals surface area (Å²) in [5, 5.41) is 19.3. The minimum Gasteiger partial charge on any atom is -0.478 e. The van der Waals surface area contributed by atoms with E-state index in [-0.39, 0.29) is 15.6 Å². The molecule has 0 saturated carbocycles. The Morgan fingerprint density at radius 1 is 0.692 bits per heavy atom. The van der Waals surface area contributed by atoms with Crippen molar-refractivity contribution in [1.82, 2.24) is 0 Å². The fourth-order valence-corrected chi connectivity index (χ4v) is 3.76. The van der Waals surface area contributed by atoms with Crippen molar-refractivity contribution in [3.63, 3.8) is 0 Å². The smallest absolute Gasteiger partial charge is 0.337 e. The van der Waals surface area contributed by atoms with Gasteiger partial charge in [-0.1, -0.05) is 54.6 Å². The van der Waals surface area contributed by atoms with Gasteiger partial charge in [0.05, 0.1) is 11.1 Å². The predicted molar refractivity (Wildman–Crippen MR) is 107 cm³/mol. The van der Waals surface area contributed by atoms with E-state index in [1.165, 1.54) is 0 Å². The van der Waals surface area contributed by atoms with Crippen LogP contribution in [0.1, 0.15) is 20.7 Å². The van der Waals surface area contributed by atoms with E-state index in [0.29, 0.717) is 15.6 Å². The Morgan fingerprint density at radius 3 is 1.81 bits per heavy atom. The van der Waals surface area contributed by atoms with Crippen LogP contribution in [-0.2, 0) is 0 Å². The lowest BCUT2D eigenvalue weighted by Gasteiger charge is -2.16. The molecule has 0 atom stereocenters. The normalized spacial score (nSPS) is 10.5. The minimum absolute atomic E-state index is 0.198. The summed E-state index contributed by atoms with van der Waals surface area (Å²) >= 11 is 6.50. The highest BCUT2D eigenvalue weighted by molar-refractivity contribution is 9.13. The summed E-state index contributed by atoms with van der Waals surface area (Å²) in [7, 11) is 0. The lowest BCUT2D eigenvalue weighted by Crippen LogP contribution is -2.11. The first-order valence-electron chi connectivity index (χ1n) is 7.55. The number of halogens is 2. The van der Waals surface area contributed by atoms with E-state index in [1.807, 2.05) is 42.5 Å². The molecule has 0 fully saturated rings. The molecule has 0 radical (unpaired) electrons. The van der Waals surface area contributed by atoms with E-state index >= 15 is 0 Å². The number of aromatic carboxylic acids is 2. The average molecular weight is 476 g/mol. The zero-order valence-corrected chi connectivity index (χ0v) is 16.4. The SMILES string of the molecule is O=C(O)c1c(-c2ccccc2-c2ccccc2)cc(Br)c(Br)c1C(=O)O. The van der Waals surface area contributed by atoms with Crippen molar-refractivity contribution in [2.45, 2.75) is 0 Å². The molecule has 0 aliphatic heterocycles. The second-order valence-electron chi connectivity index (χ2n) is 5.49. The van der Waals surface area contributed by atoms with Gasteiger partial charge in [0.25, 0.3) is 0 Å². The maximum atomic E-state index is 11.9. The van der Waals surface area contributed by atoms with Gasteiger partial charge in [0.1, 0.15) is 0 Å². The first-order valence-corrected chi connectivity index (χ1v) is 9.13. The molecular formula is C20H12Br2O4. The average Bonchev–Trinajstić information content (AvgIpc) is 2.63. The third-order valence-electron chi connectivity index (χ3n) is 3.95. The van der Waals surface area contributed by atoms with Crippen LogP contribution < -0.4 is 0 Å². The van der Waals surface area contributed by atoms with Crippen LogP contribution in [0.5, 0.6) is 0 Å². The Labute approximate surface area is 166 Å². The summed E-state index contributed by atoms with van der Waals surface area (Å²) < 4.78 is 0.668. The highest BCUT2D eigenvalue weighted by Crippen LogP contribution is 2.40. The van der Waals surface area contributed by atoms with E-state index in [9.17, 15) is 19.8 Å². The van der Waals surface area contributed by atoms with Gasteiger partial charge in [0.2, 0.25) is 0 Å². The van der Waals surface area contributed by atoms with Crippen molar-refractivity contribution in [3.05, 3.63) is 80.7 Å². The topological polar surface area (TPSA) is 74.6 Å². The van der Waals surface area contributed by atoms with Crippen LogP contribution in [0, 0.1) is 0 Å². The molecule has 130 valence electrons. The van der Waals surface area contributed by atoms with Gasteiger partial charge in [0.15, 0.2) is 0 Å². The largest absolute Gasteiger partial charge is 0.478 e. The molecule has 0 spiro atoms. The number of carbonyl (C=O) groups is 2. The van der Waals surface area contributed by atoms with Gasteiger partial charge in [-0.25, -0.2) is 9.59 Å². The number of carboxylic acid groups (broad SMARTS) is 2. The molecule has 3 aromatic carbocycles. The van der Waals surface area contributed by atoms with Crippen molar-refractivity contribution in [2.75, 3.05) is 0 Å². The van der Waals surface area contributed by atoms with Crippen molar-refractivity contribution in [1.29, 1.82) is 0 Å². The van der Waals surface area contributed by atoms with Crippen LogP contribution in [0.15, 0.2) is 69.6 Å². The maximum Gasteiger partial charge on any atom is 0.337 e. The molecule has 3 rings (SSSR count). The predicted octanol–water partition coefficient (Wildman–Crippen LogP) is 5.94. The zero-order chi connectivity index (χ0) is 18.8. The Morgan fingerprint density at radius 2 is 1.23 bits per heavy atom. The summed E-state index contributed by atoms with van der Waals surface area (Å²) in [6.07, 6.45) is 0. The van der Waals surface area contributed by atoms with Crippen LogP contribution in [0.2, 0.25) is 0 Å². The van der Waals surface area contributed by atoms with E-state index in [1.54, 1.807) is 18.2 Å². The lowest BCUT2D eigenvalue weighted by molar-refractivity contribution is 0.0651. The van der Waals surface area contributed by atoms with E-state index in [2.05, 4.69) is 31.9 Å². The van der Waals surface area contributed by atoms with Crippen LogP contribution in [0.3, 0.4) is 0 Å². The second kappa shape index (κ2) is 7.43. The van der Waals surface area contributed by atoms with Crippen LogP contribution in [-0.4, -0.2) is 22.2 Å². The summed E-state index contributed by atoms with van der Waals surface area (Å²) in [4.78, 5) is 23.7. The Kier molecular flexibility index (Phi) is 5.25. The molecule has 26 heavy (non-hydrogen) atoms. The van der Waals surface area contributed by atoms with Gasteiger partial charge in [-0.3, -0.25) is 0 Å². The van der Waals surface area contributed by atoms with E-state index in [4.69, 9.17) is 0 Å². The molecule has 0 saturated heterocycles. The molecule has 0 bridgehead atoms. The number of carboxylic acids is 2. The second-order valence-corrected chi connectivity index (χ2v) is 7.14. The van der Waals surface area contributed by atoms with Crippen molar-refractivity contribution in [2.24, 2.45) is 0 Å². The molecule has 0 heterocycles. The Hall–Kier alpha value is -2.44. The third-order valence-corrected chi connectivity index (χ3v) is 5.93. The van der Waals surface area contributed by atoms with Gasteiger partial charge in [-0.15, -0.1) is 0 Å². The standard InChI is InChI=1S/C20H12Br2O4/c21-15-10-14(16(19(23)24)17(18(15)22)20(25)26)13-9-5-4-8-12(13)11-6-2-1-3-7-11/h1-10H,(H,23,24)(H,25,26). The van der Waals surface area contributed by atoms with Crippen molar-refractivity contribution < 1.29 is 19.8 Å². The summed E-state index contributed by atoms with van der Waals surface area (Å²) in [6.45, 7) is 0.